The second-order valence-electron chi connectivity index (χ2n) is 6.54. The highest BCUT2D eigenvalue weighted by atomic mass is 35.5. The van der Waals surface area contributed by atoms with E-state index in [4.69, 9.17) is 34.8 Å². The molecule has 1 amide bonds. The van der Waals surface area contributed by atoms with Crippen molar-refractivity contribution < 1.29 is 22.9 Å². The first kappa shape index (κ1) is 25.4. The number of amides is 1. The first-order valence-corrected chi connectivity index (χ1v) is 11.7. The lowest BCUT2D eigenvalue weighted by Crippen LogP contribution is -2.09. The van der Waals surface area contributed by atoms with Gasteiger partial charge in [-0.3, -0.25) is 9.35 Å². The van der Waals surface area contributed by atoms with Crippen molar-refractivity contribution in [3.63, 3.8) is 0 Å². The Morgan fingerprint density at radius 1 is 1.18 bits per heavy atom. The molecule has 176 valence electrons. The highest BCUT2D eigenvalue weighted by molar-refractivity contribution is 7.86. The standard InChI is InChI=1S/C19H13Cl3N6O5S/c1-2-17(29)25-14-4-10(3-13(22)18(14)30)26-27-19-9(7-23)8-24-28(19)15-5-12(21)16(6-11(15)20)34(31,32)33/h3-6,8,30H,2H2,1H3,(H,25,29)(H,31,32,33). The predicted molar refractivity (Wildman–Crippen MR) is 124 cm³/mol. The van der Waals surface area contributed by atoms with E-state index in [0.29, 0.717) is 0 Å². The molecule has 0 aliphatic heterocycles. The summed E-state index contributed by atoms with van der Waals surface area (Å²) in [4.78, 5) is 11.1. The van der Waals surface area contributed by atoms with E-state index in [2.05, 4.69) is 20.6 Å². The number of benzene rings is 2. The molecule has 34 heavy (non-hydrogen) atoms. The average molecular weight is 544 g/mol. The van der Waals surface area contributed by atoms with Crippen LogP contribution in [0.2, 0.25) is 15.1 Å². The van der Waals surface area contributed by atoms with Gasteiger partial charge >= 0.3 is 0 Å². The number of hydrogen-bond acceptors (Lipinski definition) is 8. The van der Waals surface area contributed by atoms with Crippen molar-refractivity contribution >= 4 is 68.0 Å². The van der Waals surface area contributed by atoms with Gasteiger partial charge in [0.05, 0.1) is 38.3 Å². The van der Waals surface area contributed by atoms with Crippen LogP contribution < -0.4 is 5.32 Å². The van der Waals surface area contributed by atoms with Crippen molar-refractivity contribution in [2.75, 3.05) is 5.32 Å². The maximum atomic E-state index is 11.7. The molecule has 0 atom stereocenters. The zero-order valence-corrected chi connectivity index (χ0v) is 20.1. The number of rotatable bonds is 6. The number of anilines is 1. The molecule has 0 saturated heterocycles. The van der Waals surface area contributed by atoms with E-state index in [9.17, 15) is 28.1 Å². The van der Waals surface area contributed by atoms with E-state index in [-0.39, 0.29) is 61.6 Å². The van der Waals surface area contributed by atoms with E-state index >= 15 is 0 Å². The summed E-state index contributed by atoms with van der Waals surface area (Å²) < 4.78 is 33.3. The molecule has 0 saturated carbocycles. The third-order valence-corrected chi connectivity index (χ3v) is 6.18. The fourth-order valence-electron chi connectivity index (χ4n) is 2.65. The molecule has 2 aromatic carbocycles. The smallest absolute Gasteiger partial charge is 0.296 e. The van der Waals surface area contributed by atoms with Crippen LogP contribution in [-0.2, 0) is 14.9 Å². The molecule has 15 heteroatoms. The third kappa shape index (κ3) is 5.30. The molecule has 0 spiro atoms. The van der Waals surface area contributed by atoms with E-state index in [1.165, 1.54) is 18.3 Å². The molecule has 3 aromatic rings. The van der Waals surface area contributed by atoms with Gasteiger partial charge < -0.3 is 10.4 Å². The highest BCUT2D eigenvalue weighted by Gasteiger charge is 2.21. The minimum absolute atomic E-state index is 0.0120. The van der Waals surface area contributed by atoms with Gasteiger partial charge in [0.15, 0.2) is 11.6 Å². The monoisotopic (exact) mass is 542 g/mol. The quantitative estimate of drug-likeness (QED) is 0.212. The Morgan fingerprint density at radius 3 is 2.50 bits per heavy atom. The van der Waals surface area contributed by atoms with Gasteiger partial charge in [0.25, 0.3) is 10.1 Å². The Kier molecular flexibility index (Phi) is 7.44. The number of aromatic hydroxyl groups is 1. The Hall–Kier alpha value is -3.21. The van der Waals surface area contributed by atoms with E-state index in [0.717, 1.165) is 16.8 Å². The summed E-state index contributed by atoms with van der Waals surface area (Å²) in [5, 5.41) is 33.4. The molecule has 0 aliphatic rings. The summed E-state index contributed by atoms with van der Waals surface area (Å²) in [5.41, 5.74) is 0.169. The molecule has 0 unspecified atom stereocenters. The van der Waals surface area contributed by atoms with Gasteiger partial charge in [-0.15, -0.1) is 10.2 Å². The Balaban J connectivity index is 2.10. The summed E-state index contributed by atoms with van der Waals surface area (Å²) in [5.74, 6) is -0.820. The van der Waals surface area contributed by atoms with Crippen LogP contribution in [-0.4, -0.2) is 33.8 Å². The SMILES string of the molecule is CCC(=O)Nc1cc(N=Nc2c(C#N)cnn2-c2cc(Cl)c(S(=O)(=O)O)cc2Cl)cc(Cl)c1O. The van der Waals surface area contributed by atoms with Crippen LogP contribution in [0.1, 0.15) is 18.9 Å². The van der Waals surface area contributed by atoms with Gasteiger partial charge in [-0.25, -0.2) is 4.68 Å². The summed E-state index contributed by atoms with van der Waals surface area (Å²) in [6.45, 7) is 1.63. The zero-order chi connectivity index (χ0) is 25.2. The number of nitriles is 1. The van der Waals surface area contributed by atoms with Crippen LogP contribution in [0.15, 0.2) is 45.6 Å². The summed E-state index contributed by atoms with van der Waals surface area (Å²) in [6.07, 6.45) is 1.33. The molecule has 3 N–H and O–H groups in total. The normalized spacial score (nSPS) is 11.5. The van der Waals surface area contributed by atoms with Crippen LogP contribution in [0, 0.1) is 11.3 Å². The van der Waals surface area contributed by atoms with Crippen LogP contribution in [0.4, 0.5) is 17.2 Å². The number of aromatic nitrogens is 2. The Labute approximate surface area is 207 Å². The van der Waals surface area contributed by atoms with Crippen molar-refractivity contribution in [2.24, 2.45) is 10.2 Å². The number of carbonyl (C=O) groups is 1. The maximum Gasteiger partial charge on any atom is 0.296 e. The van der Waals surface area contributed by atoms with Crippen LogP contribution in [0.3, 0.4) is 0 Å². The second-order valence-corrected chi connectivity index (χ2v) is 9.15. The lowest BCUT2D eigenvalue weighted by Gasteiger charge is -2.10. The molecule has 11 nitrogen and oxygen atoms in total. The molecule has 1 heterocycles. The summed E-state index contributed by atoms with van der Waals surface area (Å²) >= 11 is 18.2. The second kappa shape index (κ2) is 9.96. The first-order chi connectivity index (χ1) is 16.0. The minimum Gasteiger partial charge on any atom is -0.504 e. The lowest BCUT2D eigenvalue weighted by atomic mass is 10.2. The van der Waals surface area contributed by atoms with Crippen molar-refractivity contribution in [2.45, 2.75) is 18.2 Å². The third-order valence-electron chi connectivity index (χ3n) is 4.28. The van der Waals surface area contributed by atoms with Crippen LogP contribution in [0.5, 0.6) is 5.75 Å². The highest BCUT2D eigenvalue weighted by Crippen LogP contribution is 2.38. The molecule has 0 fully saturated rings. The largest absolute Gasteiger partial charge is 0.504 e. The van der Waals surface area contributed by atoms with Crippen LogP contribution >= 0.6 is 34.8 Å². The number of phenolic OH excluding ortho intramolecular Hbond substituents is 1. The number of azo groups is 1. The van der Waals surface area contributed by atoms with Gasteiger partial charge in [0.1, 0.15) is 16.5 Å². The number of hydrogen-bond donors (Lipinski definition) is 3. The van der Waals surface area contributed by atoms with Gasteiger partial charge in [-0.05, 0) is 24.3 Å². The zero-order valence-electron chi connectivity index (χ0n) is 17.0. The fraction of sp³-hybridized carbons (Fsp3) is 0.105. The minimum atomic E-state index is -4.64. The number of phenols is 1. The fourth-order valence-corrected chi connectivity index (χ4v) is 4.20. The lowest BCUT2D eigenvalue weighted by molar-refractivity contribution is -0.115. The molecule has 0 bridgehead atoms. The maximum absolute atomic E-state index is 11.7. The number of nitrogens with zero attached hydrogens (tertiary/aromatic N) is 5. The molecular weight excluding hydrogens is 531 g/mol. The summed E-state index contributed by atoms with van der Waals surface area (Å²) in [7, 11) is -4.64. The number of carbonyl (C=O) groups excluding carboxylic acids is 1. The van der Waals surface area contributed by atoms with E-state index < -0.39 is 15.0 Å². The van der Waals surface area contributed by atoms with Gasteiger partial charge in [0.2, 0.25) is 5.91 Å². The van der Waals surface area contributed by atoms with E-state index in [1.54, 1.807) is 6.92 Å². The average Bonchev–Trinajstić information content (AvgIpc) is 3.18. The molecule has 0 radical (unpaired) electrons. The topological polar surface area (TPSA) is 170 Å². The number of nitrogens with one attached hydrogen (secondary N) is 1. The number of halogens is 3. The predicted octanol–water partition coefficient (Wildman–Crippen LogP) is 5.42. The molecule has 1 aromatic heterocycles. The first-order valence-electron chi connectivity index (χ1n) is 9.15. The Bertz CT molecular complexity index is 1480. The molecule has 0 aliphatic carbocycles. The van der Waals surface area contributed by atoms with Crippen molar-refractivity contribution in [1.82, 2.24) is 9.78 Å². The Morgan fingerprint density at radius 2 is 1.88 bits per heavy atom. The molecular formula is C19H13Cl3N6O5S. The van der Waals surface area contributed by atoms with Crippen molar-refractivity contribution in [3.8, 4) is 17.5 Å². The van der Waals surface area contributed by atoms with E-state index in [1.807, 2.05) is 6.07 Å². The van der Waals surface area contributed by atoms with Gasteiger partial charge in [-0.1, -0.05) is 41.7 Å². The molecule has 3 rings (SSSR count). The van der Waals surface area contributed by atoms with Crippen LogP contribution in [0.25, 0.3) is 5.69 Å². The summed E-state index contributed by atoms with van der Waals surface area (Å²) in [6, 6.07) is 6.52. The van der Waals surface area contributed by atoms with Crippen molar-refractivity contribution in [3.05, 3.63) is 51.1 Å². The van der Waals surface area contributed by atoms with Gasteiger partial charge in [-0.2, -0.15) is 18.8 Å². The van der Waals surface area contributed by atoms with Gasteiger partial charge in [0, 0.05) is 6.42 Å². The van der Waals surface area contributed by atoms with Crippen molar-refractivity contribution in [1.29, 1.82) is 5.26 Å².